The van der Waals surface area contributed by atoms with Gasteiger partial charge < -0.3 is 15.0 Å². The fourth-order valence-corrected chi connectivity index (χ4v) is 3.22. The van der Waals surface area contributed by atoms with Gasteiger partial charge in [-0.2, -0.15) is 0 Å². The van der Waals surface area contributed by atoms with Gasteiger partial charge in [-0.1, -0.05) is 25.5 Å². The number of nitrogens with zero attached hydrogens (tertiary/aromatic N) is 1. The Morgan fingerprint density at radius 2 is 2.12 bits per heavy atom. The van der Waals surface area contributed by atoms with Crippen molar-refractivity contribution in [1.82, 2.24) is 15.5 Å². The molecule has 1 aromatic carbocycles. The van der Waals surface area contributed by atoms with E-state index in [0.717, 1.165) is 63.1 Å². The first-order chi connectivity index (χ1) is 12.1. The minimum atomic E-state index is -0.0363. The van der Waals surface area contributed by atoms with Crippen LogP contribution in [-0.2, 0) is 11.2 Å². The summed E-state index contributed by atoms with van der Waals surface area (Å²) in [5.41, 5.74) is 1.16. The number of benzene rings is 1. The number of rotatable bonds is 9. The van der Waals surface area contributed by atoms with Crippen molar-refractivity contribution in [2.75, 3.05) is 33.8 Å². The summed E-state index contributed by atoms with van der Waals surface area (Å²) in [5.74, 6) is 1.17. The summed E-state index contributed by atoms with van der Waals surface area (Å²) in [6, 6.07) is 8.06. The Labute approximate surface area is 152 Å². The predicted octanol–water partition coefficient (Wildman–Crippen LogP) is 2.41. The molecule has 0 spiro atoms. The molecule has 1 aromatic rings. The Kier molecular flexibility index (Phi) is 8.22. The SMILES string of the molecule is CCCCN[C@@H](Cc1cccc(OC)c1)NC(=O)C1CCN(C)CC1. The quantitative estimate of drug-likeness (QED) is 0.532. The molecule has 0 bridgehead atoms. The summed E-state index contributed by atoms with van der Waals surface area (Å²) in [6.45, 7) is 5.10. The van der Waals surface area contributed by atoms with Crippen molar-refractivity contribution in [3.8, 4) is 5.75 Å². The first-order valence-corrected chi connectivity index (χ1v) is 9.47. The topological polar surface area (TPSA) is 53.6 Å². The van der Waals surface area contributed by atoms with Crippen LogP contribution in [-0.4, -0.2) is 50.8 Å². The van der Waals surface area contributed by atoms with Crippen molar-refractivity contribution < 1.29 is 9.53 Å². The van der Waals surface area contributed by atoms with Crippen LogP contribution in [0.5, 0.6) is 5.75 Å². The van der Waals surface area contributed by atoms with E-state index >= 15 is 0 Å². The van der Waals surface area contributed by atoms with Gasteiger partial charge in [0.15, 0.2) is 0 Å². The predicted molar refractivity (Wildman–Crippen MR) is 102 cm³/mol. The Morgan fingerprint density at radius 1 is 1.36 bits per heavy atom. The Balaban J connectivity index is 1.95. The van der Waals surface area contributed by atoms with Crippen molar-refractivity contribution in [1.29, 1.82) is 0 Å². The van der Waals surface area contributed by atoms with E-state index < -0.39 is 0 Å². The second kappa shape index (κ2) is 10.4. The van der Waals surface area contributed by atoms with Gasteiger partial charge in [-0.25, -0.2) is 0 Å². The molecule has 5 heteroatoms. The lowest BCUT2D eigenvalue weighted by Gasteiger charge is -2.30. The molecule has 0 unspecified atom stereocenters. The van der Waals surface area contributed by atoms with E-state index in [1.54, 1.807) is 7.11 Å². The van der Waals surface area contributed by atoms with Gasteiger partial charge in [0.1, 0.15) is 5.75 Å². The second-order valence-electron chi connectivity index (χ2n) is 7.00. The van der Waals surface area contributed by atoms with Crippen LogP contribution in [0.2, 0.25) is 0 Å². The van der Waals surface area contributed by atoms with Crippen LogP contribution in [0.25, 0.3) is 0 Å². The van der Waals surface area contributed by atoms with Crippen LogP contribution in [0, 0.1) is 5.92 Å². The normalized spacial score (nSPS) is 17.2. The van der Waals surface area contributed by atoms with Crippen LogP contribution in [0.1, 0.15) is 38.2 Å². The fraction of sp³-hybridized carbons (Fsp3) is 0.650. The average molecular weight is 348 g/mol. The number of nitrogens with one attached hydrogen (secondary N) is 2. The van der Waals surface area contributed by atoms with E-state index in [0.29, 0.717) is 0 Å². The number of hydrogen-bond acceptors (Lipinski definition) is 4. The maximum absolute atomic E-state index is 12.7. The van der Waals surface area contributed by atoms with E-state index in [1.165, 1.54) is 0 Å². The number of amides is 1. The molecular weight excluding hydrogens is 314 g/mol. The number of carbonyl (C=O) groups excluding carboxylic acids is 1. The number of unbranched alkanes of at least 4 members (excludes halogenated alkanes) is 1. The molecular formula is C20H33N3O2. The Morgan fingerprint density at radius 3 is 2.80 bits per heavy atom. The van der Waals surface area contributed by atoms with Crippen molar-refractivity contribution in [3.63, 3.8) is 0 Å². The van der Waals surface area contributed by atoms with E-state index in [9.17, 15) is 4.79 Å². The smallest absolute Gasteiger partial charge is 0.224 e. The molecule has 1 aliphatic rings. The molecule has 1 amide bonds. The van der Waals surface area contributed by atoms with Crippen LogP contribution in [0.3, 0.4) is 0 Å². The number of ether oxygens (including phenoxy) is 1. The molecule has 1 atom stereocenters. The molecule has 2 rings (SSSR count). The molecule has 1 fully saturated rings. The number of carbonyl (C=O) groups is 1. The van der Waals surface area contributed by atoms with Crippen LogP contribution >= 0.6 is 0 Å². The van der Waals surface area contributed by atoms with E-state index in [2.05, 4.69) is 35.6 Å². The fourth-order valence-electron chi connectivity index (χ4n) is 3.22. The highest BCUT2D eigenvalue weighted by molar-refractivity contribution is 5.79. The summed E-state index contributed by atoms with van der Waals surface area (Å²) in [5, 5.41) is 6.74. The standard InChI is InChI=1S/C20H33N3O2/c1-4-5-11-21-19(15-16-7-6-8-18(14-16)25-3)22-20(24)17-9-12-23(2)13-10-17/h6-8,14,17,19,21H,4-5,9-13,15H2,1-3H3,(H,22,24)/t19-/m1/s1. The minimum Gasteiger partial charge on any atom is -0.497 e. The zero-order valence-electron chi connectivity index (χ0n) is 15.9. The van der Waals surface area contributed by atoms with Gasteiger partial charge in [0, 0.05) is 12.3 Å². The third-order valence-electron chi connectivity index (χ3n) is 4.90. The maximum atomic E-state index is 12.7. The van der Waals surface area contributed by atoms with E-state index in [1.807, 2.05) is 18.2 Å². The summed E-state index contributed by atoms with van der Waals surface area (Å²) >= 11 is 0. The molecule has 0 aromatic heterocycles. The number of hydrogen-bond donors (Lipinski definition) is 2. The van der Waals surface area contributed by atoms with Gasteiger partial charge in [0.05, 0.1) is 13.3 Å². The Bertz CT molecular complexity index is 527. The zero-order chi connectivity index (χ0) is 18.1. The molecule has 1 aliphatic heterocycles. The van der Waals surface area contributed by atoms with Crippen molar-refractivity contribution in [2.24, 2.45) is 5.92 Å². The highest BCUT2D eigenvalue weighted by Crippen LogP contribution is 2.17. The number of likely N-dealkylation sites (tertiary alicyclic amines) is 1. The third kappa shape index (κ3) is 6.67. The van der Waals surface area contributed by atoms with Crippen molar-refractivity contribution in [3.05, 3.63) is 29.8 Å². The lowest BCUT2D eigenvalue weighted by atomic mass is 9.96. The van der Waals surface area contributed by atoms with Gasteiger partial charge in [0.25, 0.3) is 0 Å². The first kappa shape index (κ1) is 19.7. The highest BCUT2D eigenvalue weighted by atomic mass is 16.5. The van der Waals surface area contributed by atoms with Crippen LogP contribution < -0.4 is 15.4 Å². The van der Waals surface area contributed by atoms with Crippen LogP contribution in [0.15, 0.2) is 24.3 Å². The van der Waals surface area contributed by atoms with Crippen LogP contribution in [0.4, 0.5) is 0 Å². The van der Waals surface area contributed by atoms with Crippen molar-refractivity contribution >= 4 is 5.91 Å². The largest absolute Gasteiger partial charge is 0.497 e. The van der Waals surface area contributed by atoms with E-state index in [-0.39, 0.29) is 18.0 Å². The maximum Gasteiger partial charge on any atom is 0.224 e. The van der Waals surface area contributed by atoms with Gasteiger partial charge in [-0.3, -0.25) is 10.1 Å². The number of methoxy groups -OCH3 is 1. The summed E-state index contributed by atoms with van der Waals surface area (Å²) in [6.07, 6.45) is 4.87. The van der Waals surface area contributed by atoms with E-state index in [4.69, 9.17) is 4.74 Å². The van der Waals surface area contributed by atoms with Crippen molar-refractivity contribution in [2.45, 2.75) is 45.2 Å². The molecule has 140 valence electrons. The molecule has 1 saturated heterocycles. The van der Waals surface area contributed by atoms with Gasteiger partial charge in [-0.15, -0.1) is 0 Å². The monoisotopic (exact) mass is 347 g/mol. The summed E-state index contributed by atoms with van der Waals surface area (Å²) in [4.78, 5) is 15.0. The molecule has 0 radical (unpaired) electrons. The van der Waals surface area contributed by atoms with Gasteiger partial charge in [-0.05, 0) is 63.6 Å². The highest BCUT2D eigenvalue weighted by Gasteiger charge is 2.25. The lowest BCUT2D eigenvalue weighted by Crippen LogP contribution is -2.50. The molecule has 0 saturated carbocycles. The van der Waals surface area contributed by atoms with Gasteiger partial charge in [0.2, 0.25) is 5.91 Å². The summed E-state index contributed by atoms with van der Waals surface area (Å²) < 4.78 is 5.31. The lowest BCUT2D eigenvalue weighted by molar-refractivity contribution is -0.127. The third-order valence-corrected chi connectivity index (χ3v) is 4.90. The number of piperidine rings is 1. The minimum absolute atomic E-state index is 0.0363. The zero-order valence-corrected chi connectivity index (χ0v) is 15.9. The second-order valence-corrected chi connectivity index (χ2v) is 7.00. The average Bonchev–Trinajstić information content (AvgIpc) is 2.62. The summed E-state index contributed by atoms with van der Waals surface area (Å²) in [7, 11) is 3.80. The molecule has 25 heavy (non-hydrogen) atoms. The molecule has 1 heterocycles. The first-order valence-electron chi connectivity index (χ1n) is 9.47. The Hall–Kier alpha value is -1.59. The molecule has 0 aliphatic carbocycles. The van der Waals surface area contributed by atoms with Gasteiger partial charge >= 0.3 is 0 Å². The molecule has 2 N–H and O–H groups in total. The molecule has 5 nitrogen and oxygen atoms in total.